The summed E-state index contributed by atoms with van der Waals surface area (Å²) in [6, 6.07) is 5.33. The highest BCUT2D eigenvalue weighted by atomic mass is 32.1. The van der Waals surface area contributed by atoms with Gasteiger partial charge in [0.25, 0.3) is 0 Å². The SMILES string of the molecule is CCN1CCN(C(CN)c2cccs2)C(C)C1. The van der Waals surface area contributed by atoms with Crippen LogP contribution in [0.4, 0.5) is 0 Å². The predicted octanol–water partition coefficient (Wildman–Crippen LogP) is 1.77. The van der Waals surface area contributed by atoms with Gasteiger partial charge >= 0.3 is 0 Å². The first-order chi connectivity index (χ1) is 8.26. The highest BCUT2D eigenvalue weighted by molar-refractivity contribution is 7.10. The van der Waals surface area contributed by atoms with E-state index in [4.69, 9.17) is 5.73 Å². The topological polar surface area (TPSA) is 32.5 Å². The maximum Gasteiger partial charge on any atom is 0.0567 e. The molecule has 1 aliphatic heterocycles. The summed E-state index contributed by atoms with van der Waals surface area (Å²) >= 11 is 1.82. The van der Waals surface area contributed by atoms with Crippen LogP contribution in [-0.2, 0) is 0 Å². The number of nitrogens with zero attached hydrogens (tertiary/aromatic N) is 2. The fourth-order valence-electron chi connectivity index (χ4n) is 2.69. The van der Waals surface area contributed by atoms with E-state index in [0.717, 1.165) is 19.6 Å². The molecule has 2 N–H and O–H groups in total. The fraction of sp³-hybridized carbons (Fsp3) is 0.692. The molecule has 96 valence electrons. The van der Waals surface area contributed by atoms with Crippen molar-refractivity contribution in [1.82, 2.24) is 9.80 Å². The molecule has 2 atom stereocenters. The van der Waals surface area contributed by atoms with E-state index in [1.54, 1.807) is 0 Å². The molecule has 2 heterocycles. The third-order valence-corrected chi connectivity index (χ3v) is 4.68. The van der Waals surface area contributed by atoms with Gasteiger partial charge in [-0.1, -0.05) is 13.0 Å². The van der Waals surface area contributed by atoms with E-state index in [1.807, 2.05) is 11.3 Å². The Hall–Kier alpha value is -0.420. The summed E-state index contributed by atoms with van der Waals surface area (Å²) in [4.78, 5) is 6.49. The first kappa shape index (κ1) is 13.0. The summed E-state index contributed by atoms with van der Waals surface area (Å²) in [7, 11) is 0. The zero-order chi connectivity index (χ0) is 12.3. The lowest BCUT2D eigenvalue weighted by atomic mass is 10.1. The minimum absolute atomic E-state index is 0.406. The molecule has 1 fully saturated rings. The summed E-state index contributed by atoms with van der Waals surface area (Å²) in [6.45, 7) is 9.90. The lowest BCUT2D eigenvalue weighted by Crippen LogP contribution is -2.53. The van der Waals surface area contributed by atoms with Crippen molar-refractivity contribution in [3.63, 3.8) is 0 Å². The zero-order valence-corrected chi connectivity index (χ0v) is 11.6. The van der Waals surface area contributed by atoms with E-state index in [9.17, 15) is 0 Å². The number of nitrogens with two attached hydrogens (primary N) is 1. The minimum Gasteiger partial charge on any atom is -0.329 e. The number of hydrogen-bond donors (Lipinski definition) is 1. The average Bonchev–Trinajstić information content (AvgIpc) is 2.85. The molecule has 2 rings (SSSR count). The molecular formula is C13H23N3S. The van der Waals surface area contributed by atoms with Crippen LogP contribution in [0.25, 0.3) is 0 Å². The van der Waals surface area contributed by atoms with Gasteiger partial charge in [0, 0.05) is 37.1 Å². The number of piperazine rings is 1. The van der Waals surface area contributed by atoms with Crippen molar-refractivity contribution < 1.29 is 0 Å². The molecule has 0 aliphatic carbocycles. The Morgan fingerprint density at radius 2 is 2.35 bits per heavy atom. The molecule has 0 bridgehead atoms. The molecule has 0 radical (unpaired) electrons. The van der Waals surface area contributed by atoms with Gasteiger partial charge in [-0.3, -0.25) is 4.90 Å². The molecule has 3 nitrogen and oxygen atoms in total. The minimum atomic E-state index is 0.406. The number of thiophene rings is 1. The molecule has 1 aromatic rings. The second-order valence-corrected chi connectivity index (χ2v) is 5.73. The normalized spacial score (nSPS) is 25.0. The first-order valence-electron chi connectivity index (χ1n) is 6.47. The van der Waals surface area contributed by atoms with Crippen molar-refractivity contribution in [2.24, 2.45) is 5.73 Å². The van der Waals surface area contributed by atoms with E-state index in [0.29, 0.717) is 12.1 Å². The standard InChI is InChI=1S/C13H23N3S/c1-3-15-6-7-16(11(2)10-15)12(9-14)13-5-4-8-17-13/h4-5,8,11-12H,3,6-7,9-10,14H2,1-2H3. The van der Waals surface area contributed by atoms with E-state index in [2.05, 4.69) is 41.2 Å². The lowest BCUT2D eigenvalue weighted by molar-refractivity contribution is 0.0548. The molecule has 0 amide bonds. The van der Waals surface area contributed by atoms with Crippen LogP contribution in [0.15, 0.2) is 17.5 Å². The molecular weight excluding hydrogens is 230 g/mol. The van der Waals surface area contributed by atoms with Gasteiger partial charge in [0.05, 0.1) is 6.04 Å². The van der Waals surface area contributed by atoms with Crippen molar-refractivity contribution in [1.29, 1.82) is 0 Å². The summed E-state index contributed by atoms with van der Waals surface area (Å²) < 4.78 is 0. The molecule has 0 aromatic carbocycles. The van der Waals surface area contributed by atoms with Crippen molar-refractivity contribution in [2.45, 2.75) is 25.9 Å². The van der Waals surface area contributed by atoms with Gasteiger partial charge in [-0.15, -0.1) is 11.3 Å². The predicted molar refractivity (Wildman–Crippen MR) is 74.4 cm³/mol. The quantitative estimate of drug-likeness (QED) is 0.888. The Morgan fingerprint density at radius 3 is 2.88 bits per heavy atom. The Morgan fingerprint density at radius 1 is 1.53 bits per heavy atom. The summed E-state index contributed by atoms with van der Waals surface area (Å²) in [5, 5.41) is 2.14. The van der Waals surface area contributed by atoms with Crippen LogP contribution in [-0.4, -0.2) is 48.6 Å². The number of rotatable bonds is 4. The number of likely N-dealkylation sites (N-methyl/N-ethyl adjacent to an activating group) is 1. The lowest BCUT2D eigenvalue weighted by Gasteiger charge is -2.43. The zero-order valence-electron chi connectivity index (χ0n) is 10.8. The van der Waals surface area contributed by atoms with Crippen LogP contribution in [0.5, 0.6) is 0 Å². The highest BCUT2D eigenvalue weighted by Crippen LogP contribution is 2.27. The molecule has 0 spiro atoms. The van der Waals surface area contributed by atoms with Gasteiger partial charge in [-0.25, -0.2) is 0 Å². The summed E-state index contributed by atoms with van der Waals surface area (Å²) in [5.41, 5.74) is 5.98. The van der Waals surface area contributed by atoms with Crippen molar-refractivity contribution in [2.75, 3.05) is 32.7 Å². The Labute approximate surface area is 108 Å². The largest absolute Gasteiger partial charge is 0.329 e. The average molecular weight is 253 g/mol. The van der Waals surface area contributed by atoms with Gasteiger partial charge < -0.3 is 10.6 Å². The van der Waals surface area contributed by atoms with E-state index >= 15 is 0 Å². The van der Waals surface area contributed by atoms with E-state index in [-0.39, 0.29) is 0 Å². The van der Waals surface area contributed by atoms with Crippen LogP contribution in [0.3, 0.4) is 0 Å². The molecule has 1 aromatic heterocycles. The monoisotopic (exact) mass is 253 g/mol. The molecule has 2 unspecified atom stereocenters. The first-order valence-corrected chi connectivity index (χ1v) is 7.35. The molecule has 1 aliphatic rings. The highest BCUT2D eigenvalue weighted by Gasteiger charge is 2.29. The van der Waals surface area contributed by atoms with Crippen LogP contribution >= 0.6 is 11.3 Å². The molecule has 1 saturated heterocycles. The second-order valence-electron chi connectivity index (χ2n) is 4.75. The molecule has 17 heavy (non-hydrogen) atoms. The third kappa shape index (κ3) is 2.88. The maximum absolute atomic E-state index is 5.98. The molecule has 4 heteroatoms. The third-order valence-electron chi connectivity index (χ3n) is 3.71. The van der Waals surface area contributed by atoms with E-state index in [1.165, 1.54) is 18.0 Å². The van der Waals surface area contributed by atoms with Gasteiger partial charge in [0.15, 0.2) is 0 Å². The smallest absolute Gasteiger partial charge is 0.0567 e. The summed E-state index contributed by atoms with van der Waals surface area (Å²) in [5.74, 6) is 0. The van der Waals surface area contributed by atoms with Crippen LogP contribution < -0.4 is 5.73 Å². The van der Waals surface area contributed by atoms with E-state index < -0.39 is 0 Å². The van der Waals surface area contributed by atoms with Gasteiger partial charge in [-0.2, -0.15) is 0 Å². The Kier molecular flexibility index (Phi) is 4.56. The van der Waals surface area contributed by atoms with Crippen molar-refractivity contribution in [3.05, 3.63) is 22.4 Å². The van der Waals surface area contributed by atoms with Crippen molar-refractivity contribution in [3.8, 4) is 0 Å². The Balaban J connectivity index is 2.06. The maximum atomic E-state index is 5.98. The fourth-order valence-corrected chi connectivity index (χ4v) is 3.55. The summed E-state index contributed by atoms with van der Waals surface area (Å²) in [6.07, 6.45) is 0. The van der Waals surface area contributed by atoms with Crippen molar-refractivity contribution >= 4 is 11.3 Å². The van der Waals surface area contributed by atoms with Crippen LogP contribution in [0.1, 0.15) is 24.8 Å². The van der Waals surface area contributed by atoms with Crippen LogP contribution in [0, 0.1) is 0 Å². The van der Waals surface area contributed by atoms with Gasteiger partial charge in [0.1, 0.15) is 0 Å². The van der Waals surface area contributed by atoms with Gasteiger partial charge in [0.2, 0.25) is 0 Å². The van der Waals surface area contributed by atoms with Gasteiger partial charge in [-0.05, 0) is 24.9 Å². The number of hydrogen-bond acceptors (Lipinski definition) is 4. The Bertz CT molecular complexity index is 325. The molecule has 0 saturated carbocycles. The van der Waals surface area contributed by atoms with Crippen LogP contribution in [0.2, 0.25) is 0 Å². The second kappa shape index (κ2) is 5.96.